The third-order valence-corrected chi connectivity index (χ3v) is 4.46. The second kappa shape index (κ2) is 7.00. The Morgan fingerprint density at radius 2 is 2.35 bits per heavy atom. The predicted octanol–water partition coefficient (Wildman–Crippen LogP) is 2.41. The number of nitrogens with one attached hydrogen (secondary N) is 1. The van der Waals surface area contributed by atoms with Gasteiger partial charge < -0.3 is 14.3 Å². The van der Waals surface area contributed by atoms with E-state index < -0.39 is 0 Å². The first-order valence-corrected chi connectivity index (χ1v) is 8.07. The van der Waals surface area contributed by atoms with E-state index in [-0.39, 0.29) is 11.8 Å². The summed E-state index contributed by atoms with van der Waals surface area (Å²) < 4.78 is 10.5. The summed E-state index contributed by atoms with van der Waals surface area (Å²) in [4.78, 5) is 14.7. The average molecular weight is 317 g/mol. The first-order valence-electron chi connectivity index (χ1n) is 8.07. The SMILES string of the molecule is Cc1noc(C)c1CNC(=O)[C@H]1CCCN(Cc2ccco2)C1. The highest BCUT2D eigenvalue weighted by molar-refractivity contribution is 5.79. The largest absolute Gasteiger partial charge is 0.468 e. The van der Waals surface area contributed by atoms with Crippen LogP contribution in [0.1, 0.15) is 35.6 Å². The van der Waals surface area contributed by atoms with Crippen molar-refractivity contribution in [2.75, 3.05) is 13.1 Å². The number of carbonyl (C=O) groups excluding carboxylic acids is 1. The number of amides is 1. The Balaban J connectivity index is 1.52. The van der Waals surface area contributed by atoms with Crippen LogP contribution in [0.15, 0.2) is 27.3 Å². The Hall–Kier alpha value is -2.08. The topological polar surface area (TPSA) is 71.5 Å². The molecule has 2 aromatic rings. The summed E-state index contributed by atoms with van der Waals surface area (Å²) in [7, 11) is 0. The van der Waals surface area contributed by atoms with Gasteiger partial charge in [-0.3, -0.25) is 9.69 Å². The van der Waals surface area contributed by atoms with Gasteiger partial charge in [0, 0.05) is 18.7 Å². The third-order valence-electron chi connectivity index (χ3n) is 4.46. The van der Waals surface area contributed by atoms with Crippen LogP contribution in [0.4, 0.5) is 0 Å². The third kappa shape index (κ3) is 3.82. The number of piperidine rings is 1. The first-order chi connectivity index (χ1) is 11.1. The van der Waals surface area contributed by atoms with Gasteiger partial charge in [0.1, 0.15) is 11.5 Å². The van der Waals surface area contributed by atoms with Crippen molar-refractivity contribution in [1.29, 1.82) is 0 Å². The smallest absolute Gasteiger partial charge is 0.224 e. The number of furan rings is 1. The molecule has 0 saturated carbocycles. The molecule has 3 heterocycles. The Kier molecular flexibility index (Phi) is 4.81. The van der Waals surface area contributed by atoms with Crippen molar-refractivity contribution in [1.82, 2.24) is 15.4 Å². The molecule has 0 unspecified atom stereocenters. The Morgan fingerprint density at radius 1 is 1.48 bits per heavy atom. The van der Waals surface area contributed by atoms with Crippen LogP contribution in [-0.2, 0) is 17.9 Å². The van der Waals surface area contributed by atoms with Crippen molar-refractivity contribution in [2.24, 2.45) is 5.92 Å². The lowest BCUT2D eigenvalue weighted by molar-refractivity contribution is -0.127. The van der Waals surface area contributed by atoms with Crippen molar-refractivity contribution in [3.63, 3.8) is 0 Å². The maximum Gasteiger partial charge on any atom is 0.224 e. The molecule has 0 bridgehead atoms. The van der Waals surface area contributed by atoms with Crippen LogP contribution in [0.25, 0.3) is 0 Å². The lowest BCUT2D eigenvalue weighted by Gasteiger charge is -2.31. The Bertz CT molecular complexity index is 629. The molecule has 3 rings (SSSR count). The minimum absolute atomic E-state index is 0.0270. The van der Waals surface area contributed by atoms with Crippen molar-refractivity contribution < 1.29 is 13.7 Å². The van der Waals surface area contributed by atoms with Gasteiger partial charge in [-0.25, -0.2) is 0 Å². The van der Waals surface area contributed by atoms with Gasteiger partial charge in [-0.1, -0.05) is 5.16 Å². The number of aromatic nitrogens is 1. The van der Waals surface area contributed by atoms with Crippen LogP contribution in [-0.4, -0.2) is 29.1 Å². The summed E-state index contributed by atoms with van der Waals surface area (Å²) in [6.07, 6.45) is 3.65. The molecule has 6 heteroatoms. The fourth-order valence-electron chi connectivity index (χ4n) is 3.11. The van der Waals surface area contributed by atoms with Gasteiger partial charge in [0.15, 0.2) is 0 Å². The normalized spacial score (nSPS) is 19.0. The highest BCUT2D eigenvalue weighted by Gasteiger charge is 2.26. The number of likely N-dealkylation sites (tertiary alicyclic amines) is 1. The van der Waals surface area contributed by atoms with Gasteiger partial charge in [0.05, 0.1) is 24.4 Å². The van der Waals surface area contributed by atoms with Crippen LogP contribution < -0.4 is 5.32 Å². The summed E-state index contributed by atoms with van der Waals surface area (Å²) in [6, 6.07) is 3.87. The van der Waals surface area contributed by atoms with Crippen molar-refractivity contribution in [3.8, 4) is 0 Å². The summed E-state index contributed by atoms with van der Waals surface area (Å²) >= 11 is 0. The van der Waals surface area contributed by atoms with Crippen molar-refractivity contribution >= 4 is 5.91 Å². The molecule has 1 atom stereocenters. The van der Waals surface area contributed by atoms with E-state index in [1.54, 1.807) is 6.26 Å². The second-order valence-corrected chi connectivity index (χ2v) is 6.17. The van der Waals surface area contributed by atoms with Gasteiger partial charge >= 0.3 is 0 Å². The van der Waals surface area contributed by atoms with E-state index in [1.807, 2.05) is 26.0 Å². The van der Waals surface area contributed by atoms with E-state index in [0.717, 1.165) is 55.3 Å². The van der Waals surface area contributed by atoms with Crippen LogP contribution in [0.5, 0.6) is 0 Å². The van der Waals surface area contributed by atoms with Crippen molar-refractivity contribution in [3.05, 3.63) is 41.2 Å². The van der Waals surface area contributed by atoms with Gasteiger partial charge in [0.2, 0.25) is 5.91 Å². The molecule has 23 heavy (non-hydrogen) atoms. The molecule has 0 radical (unpaired) electrons. The number of carbonyl (C=O) groups is 1. The highest BCUT2D eigenvalue weighted by atomic mass is 16.5. The number of hydrogen-bond acceptors (Lipinski definition) is 5. The Morgan fingerprint density at radius 3 is 3.04 bits per heavy atom. The molecule has 0 spiro atoms. The molecular formula is C17H23N3O3. The number of nitrogens with zero attached hydrogens (tertiary/aromatic N) is 2. The summed E-state index contributed by atoms with van der Waals surface area (Å²) in [6.45, 7) is 6.79. The lowest BCUT2D eigenvalue weighted by Crippen LogP contribution is -2.42. The van der Waals surface area contributed by atoms with Crippen LogP contribution >= 0.6 is 0 Å². The molecule has 2 aromatic heterocycles. The average Bonchev–Trinajstić information content (AvgIpc) is 3.16. The van der Waals surface area contributed by atoms with E-state index >= 15 is 0 Å². The van der Waals surface area contributed by atoms with E-state index in [1.165, 1.54) is 0 Å². The second-order valence-electron chi connectivity index (χ2n) is 6.17. The fourth-order valence-corrected chi connectivity index (χ4v) is 3.11. The van der Waals surface area contributed by atoms with Gasteiger partial charge in [0.25, 0.3) is 0 Å². The molecule has 124 valence electrons. The molecule has 0 aromatic carbocycles. The monoisotopic (exact) mass is 317 g/mol. The first kappa shape index (κ1) is 15.8. The van der Waals surface area contributed by atoms with Crippen molar-refractivity contribution in [2.45, 2.75) is 39.8 Å². The zero-order valence-electron chi connectivity index (χ0n) is 13.7. The zero-order valence-corrected chi connectivity index (χ0v) is 13.7. The number of hydrogen-bond donors (Lipinski definition) is 1. The minimum atomic E-state index is 0.0270. The van der Waals surface area contributed by atoms with E-state index in [2.05, 4.69) is 15.4 Å². The molecular weight excluding hydrogens is 294 g/mol. The van der Waals surface area contributed by atoms with E-state index in [9.17, 15) is 4.79 Å². The minimum Gasteiger partial charge on any atom is -0.468 e. The molecule has 1 fully saturated rings. The molecule has 6 nitrogen and oxygen atoms in total. The van der Waals surface area contributed by atoms with Gasteiger partial charge in [-0.2, -0.15) is 0 Å². The summed E-state index contributed by atoms with van der Waals surface area (Å²) in [5, 5.41) is 6.94. The molecule has 1 aliphatic heterocycles. The van der Waals surface area contributed by atoms with Crippen LogP contribution in [0, 0.1) is 19.8 Å². The maximum atomic E-state index is 12.5. The maximum absolute atomic E-state index is 12.5. The molecule has 1 aliphatic rings. The van der Waals surface area contributed by atoms with Gasteiger partial charge in [-0.05, 0) is 45.4 Å². The predicted molar refractivity (Wildman–Crippen MR) is 84.5 cm³/mol. The standard InChI is InChI=1S/C17H23N3O3/c1-12-16(13(2)23-19-12)9-18-17(21)14-5-3-7-20(10-14)11-15-6-4-8-22-15/h4,6,8,14H,3,5,7,9-11H2,1-2H3,(H,18,21)/t14-/m0/s1. The number of aryl methyl sites for hydroxylation is 2. The zero-order chi connectivity index (χ0) is 16.2. The van der Waals surface area contributed by atoms with Crippen LogP contribution in [0.3, 0.4) is 0 Å². The van der Waals surface area contributed by atoms with Gasteiger partial charge in [-0.15, -0.1) is 0 Å². The number of rotatable bonds is 5. The van der Waals surface area contributed by atoms with Crippen LogP contribution in [0.2, 0.25) is 0 Å². The quantitative estimate of drug-likeness (QED) is 0.917. The highest BCUT2D eigenvalue weighted by Crippen LogP contribution is 2.19. The Labute approximate surface area is 135 Å². The summed E-state index contributed by atoms with van der Waals surface area (Å²) in [5.74, 6) is 1.85. The molecule has 1 amide bonds. The molecule has 0 aliphatic carbocycles. The molecule has 1 saturated heterocycles. The van der Waals surface area contributed by atoms with E-state index in [4.69, 9.17) is 8.94 Å². The summed E-state index contributed by atoms with van der Waals surface area (Å²) in [5.41, 5.74) is 1.81. The van der Waals surface area contributed by atoms with E-state index in [0.29, 0.717) is 6.54 Å². The lowest BCUT2D eigenvalue weighted by atomic mass is 9.97. The fraction of sp³-hybridized carbons (Fsp3) is 0.529. The molecule has 1 N–H and O–H groups in total.